The van der Waals surface area contributed by atoms with Crippen molar-refractivity contribution in [1.82, 2.24) is 14.6 Å². The molecule has 0 unspecified atom stereocenters. The number of aryl methyl sites for hydroxylation is 1. The minimum Gasteiger partial charge on any atom is -0.435 e. The molecule has 0 N–H and O–H groups in total. The highest BCUT2D eigenvalue weighted by atomic mass is 32.1. The van der Waals surface area contributed by atoms with Crippen LogP contribution in [0.2, 0.25) is 0 Å². The molecule has 0 saturated carbocycles. The van der Waals surface area contributed by atoms with Crippen LogP contribution in [0.5, 0.6) is 5.75 Å². The second-order valence-electron chi connectivity index (χ2n) is 4.11. The zero-order valence-corrected chi connectivity index (χ0v) is 11.4. The molecule has 7 heteroatoms. The van der Waals surface area contributed by atoms with Gasteiger partial charge in [-0.1, -0.05) is 18.3 Å². The fourth-order valence-electron chi connectivity index (χ4n) is 1.83. The van der Waals surface area contributed by atoms with Crippen molar-refractivity contribution in [2.75, 3.05) is 0 Å². The van der Waals surface area contributed by atoms with E-state index in [2.05, 4.69) is 14.8 Å². The van der Waals surface area contributed by atoms with Crippen LogP contribution in [0, 0.1) is 0 Å². The van der Waals surface area contributed by atoms with Crippen molar-refractivity contribution in [3.05, 3.63) is 35.5 Å². The van der Waals surface area contributed by atoms with Crippen LogP contribution in [0.15, 0.2) is 30.5 Å². The predicted octanol–water partition coefficient (Wildman–Crippen LogP) is 3.62. The normalized spacial score (nSPS) is 11.4. The van der Waals surface area contributed by atoms with E-state index in [1.54, 1.807) is 28.0 Å². The van der Waals surface area contributed by atoms with Crippen molar-refractivity contribution in [3.63, 3.8) is 0 Å². The van der Waals surface area contributed by atoms with Gasteiger partial charge in [0, 0.05) is 5.56 Å². The highest BCUT2D eigenvalue weighted by molar-refractivity contribution is 7.16. The summed E-state index contributed by atoms with van der Waals surface area (Å²) in [7, 11) is 0. The lowest BCUT2D eigenvalue weighted by atomic mass is 10.2. The molecule has 2 aromatic heterocycles. The molecule has 104 valence electrons. The van der Waals surface area contributed by atoms with Gasteiger partial charge in [0.15, 0.2) is 0 Å². The minimum absolute atomic E-state index is 0.135. The van der Waals surface area contributed by atoms with E-state index in [1.807, 2.05) is 13.1 Å². The Balaban J connectivity index is 1.88. The molecule has 0 radical (unpaired) electrons. The minimum atomic E-state index is -2.81. The molecule has 3 rings (SSSR count). The fraction of sp³-hybridized carbons (Fsp3) is 0.231. The lowest BCUT2D eigenvalue weighted by Crippen LogP contribution is -2.01. The molecule has 0 amide bonds. The van der Waals surface area contributed by atoms with E-state index in [4.69, 9.17) is 0 Å². The number of aromatic nitrogens is 3. The number of imidazole rings is 1. The van der Waals surface area contributed by atoms with E-state index in [0.29, 0.717) is 0 Å². The van der Waals surface area contributed by atoms with E-state index < -0.39 is 6.61 Å². The zero-order valence-electron chi connectivity index (χ0n) is 10.6. The van der Waals surface area contributed by atoms with E-state index in [0.717, 1.165) is 27.6 Å². The lowest BCUT2D eigenvalue weighted by Gasteiger charge is -2.04. The number of alkyl halides is 2. The molecule has 0 aliphatic heterocycles. The first-order chi connectivity index (χ1) is 9.65. The molecule has 0 fully saturated rings. The van der Waals surface area contributed by atoms with E-state index in [-0.39, 0.29) is 5.75 Å². The summed E-state index contributed by atoms with van der Waals surface area (Å²) in [4.78, 5) is 5.30. The summed E-state index contributed by atoms with van der Waals surface area (Å²) >= 11 is 1.54. The summed E-state index contributed by atoms with van der Waals surface area (Å²) in [5.74, 6) is 0.135. The van der Waals surface area contributed by atoms with Crippen LogP contribution in [-0.4, -0.2) is 21.2 Å². The molecule has 0 saturated heterocycles. The number of halogens is 2. The molecule has 0 atom stereocenters. The van der Waals surface area contributed by atoms with Gasteiger partial charge in [0.1, 0.15) is 10.8 Å². The van der Waals surface area contributed by atoms with Crippen LogP contribution < -0.4 is 4.74 Å². The predicted molar refractivity (Wildman–Crippen MR) is 72.3 cm³/mol. The largest absolute Gasteiger partial charge is 0.435 e. The van der Waals surface area contributed by atoms with Gasteiger partial charge in [-0.3, -0.25) is 0 Å². The molecule has 20 heavy (non-hydrogen) atoms. The van der Waals surface area contributed by atoms with Crippen molar-refractivity contribution in [2.24, 2.45) is 0 Å². The summed E-state index contributed by atoms with van der Waals surface area (Å²) in [6.07, 6.45) is 2.71. The average Bonchev–Trinajstić information content (AvgIpc) is 2.96. The topological polar surface area (TPSA) is 39.4 Å². The van der Waals surface area contributed by atoms with Crippen LogP contribution in [0.1, 0.15) is 11.9 Å². The number of benzene rings is 1. The second-order valence-corrected chi connectivity index (χ2v) is 5.15. The Hall–Kier alpha value is -2.02. The third-order valence-electron chi connectivity index (χ3n) is 2.76. The first-order valence-electron chi connectivity index (χ1n) is 6.06. The Kier molecular flexibility index (Phi) is 3.35. The number of ether oxygens (including phenoxy) is 1. The Morgan fingerprint density at radius 1 is 1.30 bits per heavy atom. The number of nitrogens with zero attached hydrogens (tertiary/aromatic N) is 3. The van der Waals surface area contributed by atoms with Crippen molar-refractivity contribution >= 4 is 16.3 Å². The quantitative estimate of drug-likeness (QED) is 0.738. The molecular weight excluding hydrogens is 284 g/mol. The van der Waals surface area contributed by atoms with Crippen molar-refractivity contribution in [2.45, 2.75) is 20.0 Å². The summed E-state index contributed by atoms with van der Waals surface area (Å²) in [6.45, 7) is -0.767. The van der Waals surface area contributed by atoms with Crippen LogP contribution in [0.3, 0.4) is 0 Å². The Bertz CT molecular complexity index is 689. The number of hydrogen-bond acceptors (Lipinski definition) is 4. The maximum absolute atomic E-state index is 12.1. The van der Waals surface area contributed by atoms with Gasteiger partial charge in [-0.15, -0.1) is 0 Å². The van der Waals surface area contributed by atoms with Gasteiger partial charge < -0.3 is 4.74 Å². The standard InChI is InChI=1S/C13H11F2N3OS/c1-2-11-17-18-7-10(16-13(18)20-11)8-3-5-9(6-4-8)19-12(14)15/h3-7,12H,2H2,1H3. The fourth-order valence-corrected chi connectivity index (χ4v) is 2.65. The molecule has 3 aromatic rings. The smallest absolute Gasteiger partial charge is 0.387 e. The number of rotatable bonds is 4. The van der Waals surface area contributed by atoms with Gasteiger partial charge in [-0.05, 0) is 30.7 Å². The van der Waals surface area contributed by atoms with Gasteiger partial charge in [0.05, 0.1) is 11.9 Å². The molecule has 2 heterocycles. The molecule has 0 spiro atoms. The van der Waals surface area contributed by atoms with E-state index in [9.17, 15) is 8.78 Å². The molecule has 0 bridgehead atoms. The third-order valence-corrected chi connectivity index (χ3v) is 3.83. The highest BCUT2D eigenvalue weighted by Gasteiger charge is 2.09. The van der Waals surface area contributed by atoms with Crippen LogP contribution >= 0.6 is 11.3 Å². The van der Waals surface area contributed by atoms with Gasteiger partial charge >= 0.3 is 6.61 Å². The van der Waals surface area contributed by atoms with Crippen LogP contribution in [0.4, 0.5) is 8.78 Å². The van der Waals surface area contributed by atoms with Gasteiger partial charge in [-0.25, -0.2) is 9.50 Å². The average molecular weight is 295 g/mol. The Morgan fingerprint density at radius 2 is 2.05 bits per heavy atom. The van der Waals surface area contributed by atoms with Crippen LogP contribution in [0.25, 0.3) is 16.2 Å². The summed E-state index contributed by atoms with van der Waals surface area (Å²) in [5, 5.41) is 5.41. The van der Waals surface area contributed by atoms with Gasteiger partial charge in [0.2, 0.25) is 4.96 Å². The van der Waals surface area contributed by atoms with Crippen LogP contribution in [-0.2, 0) is 6.42 Å². The zero-order chi connectivity index (χ0) is 14.1. The summed E-state index contributed by atoms with van der Waals surface area (Å²) < 4.78 is 30.2. The molecule has 0 aliphatic carbocycles. The highest BCUT2D eigenvalue weighted by Crippen LogP contribution is 2.24. The van der Waals surface area contributed by atoms with E-state index >= 15 is 0 Å². The SMILES string of the molecule is CCc1nn2cc(-c3ccc(OC(F)F)cc3)nc2s1. The summed E-state index contributed by atoms with van der Waals surface area (Å²) in [5.41, 5.74) is 1.59. The summed E-state index contributed by atoms with van der Waals surface area (Å²) in [6, 6.07) is 6.40. The Labute approximate surface area is 117 Å². The lowest BCUT2D eigenvalue weighted by molar-refractivity contribution is -0.0498. The molecule has 4 nitrogen and oxygen atoms in total. The monoisotopic (exact) mass is 295 g/mol. The molecular formula is C13H11F2N3OS. The maximum atomic E-state index is 12.1. The molecule has 1 aromatic carbocycles. The van der Waals surface area contributed by atoms with Gasteiger partial charge in [-0.2, -0.15) is 13.9 Å². The Morgan fingerprint density at radius 3 is 2.65 bits per heavy atom. The second kappa shape index (κ2) is 5.16. The first kappa shape index (κ1) is 13.0. The molecule has 0 aliphatic rings. The van der Waals surface area contributed by atoms with E-state index in [1.165, 1.54) is 12.1 Å². The first-order valence-corrected chi connectivity index (χ1v) is 6.87. The number of fused-ring (bicyclic) bond motifs is 1. The van der Waals surface area contributed by atoms with Crippen molar-refractivity contribution < 1.29 is 13.5 Å². The third kappa shape index (κ3) is 2.49. The van der Waals surface area contributed by atoms with Crippen molar-refractivity contribution in [1.29, 1.82) is 0 Å². The van der Waals surface area contributed by atoms with Gasteiger partial charge in [0.25, 0.3) is 0 Å². The maximum Gasteiger partial charge on any atom is 0.387 e. The van der Waals surface area contributed by atoms with Crippen molar-refractivity contribution in [3.8, 4) is 17.0 Å². The number of hydrogen-bond donors (Lipinski definition) is 0.